The Hall–Kier alpha value is -2.30. The second-order valence-electron chi connectivity index (χ2n) is 6.54. The minimum absolute atomic E-state index is 0. The summed E-state index contributed by atoms with van der Waals surface area (Å²) in [5.41, 5.74) is 8.54. The Kier molecular flexibility index (Phi) is 7.45. The zero-order valence-corrected chi connectivity index (χ0v) is 19.4. The van der Waals surface area contributed by atoms with Crippen LogP contribution in [-0.2, 0) is 23.0 Å². The highest BCUT2D eigenvalue weighted by Crippen LogP contribution is 2.33. The molecule has 164 valence electrons. The molecule has 2 aromatic carbocycles. The van der Waals surface area contributed by atoms with Gasteiger partial charge in [-0.1, -0.05) is 41.9 Å². The van der Waals surface area contributed by atoms with Crippen LogP contribution in [0.1, 0.15) is 11.1 Å². The number of thiophene rings is 1. The average Bonchev–Trinajstić information content (AvgIpc) is 3.35. The lowest BCUT2D eigenvalue weighted by molar-refractivity contribution is 0.326. The highest BCUT2D eigenvalue weighted by molar-refractivity contribution is 7.94. The minimum atomic E-state index is -3.81. The number of halogens is 2. The summed E-state index contributed by atoms with van der Waals surface area (Å²) in [7, 11) is -3.81. The molecule has 7 nitrogen and oxygen atoms in total. The van der Waals surface area contributed by atoms with Gasteiger partial charge in [0.05, 0.1) is 21.8 Å². The van der Waals surface area contributed by atoms with E-state index in [1.165, 1.54) is 12.1 Å². The Morgan fingerprint density at radius 3 is 2.65 bits per heavy atom. The van der Waals surface area contributed by atoms with Crippen molar-refractivity contribution in [3.8, 4) is 5.75 Å². The lowest BCUT2D eigenvalue weighted by atomic mass is 10.1. The highest BCUT2D eigenvalue weighted by atomic mass is 35.5. The van der Waals surface area contributed by atoms with Crippen molar-refractivity contribution in [3.05, 3.63) is 70.1 Å². The number of benzene rings is 2. The van der Waals surface area contributed by atoms with E-state index in [0.717, 1.165) is 22.5 Å². The molecule has 0 bridgehead atoms. The van der Waals surface area contributed by atoms with Crippen molar-refractivity contribution in [2.45, 2.75) is 17.2 Å². The zero-order chi connectivity index (χ0) is 21.1. The second kappa shape index (κ2) is 9.88. The van der Waals surface area contributed by atoms with Gasteiger partial charge in [-0.25, -0.2) is 8.42 Å². The molecule has 0 saturated heterocycles. The molecule has 0 atom stereocenters. The summed E-state index contributed by atoms with van der Waals surface area (Å²) >= 11 is 6.85. The van der Waals surface area contributed by atoms with Crippen LogP contribution in [0.5, 0.6) is 5.75 Å². The summed E-state index contributed by atoms with van der Waals surface area (Å²) in [4.78, 5) is 0. The summed E-state index contributed by atoms with van der Waals surface area (Å²) in [5, 5.41) is 7.53. The van der Waals surface area contributed by atoms with Crippen molar-refractivity contribution in [1.29, 1.82) is 0 Å². The van der Waals surface area contributed by atoms with Gasteiger partial charge < -0.3 is 10.5 Å². The van der Waals surface area contributed by atoms with E-state index in [2.05, 4.69) is 14.9 Å². The molecule has 2 aromatic heterocycles. The van der Waals surface area contributed by atoms with E-state index in [-0.39, 0.29) is 22.4 Å². The number of nitrogens with one attached hydrogen (secondary N) is 2. The molecular weight excluding hydrogens is 479 g/mol. The predicted octanol–water partition coefficient (Wildman–Crippen LogP) is 4.58. The number of rotatable bonds is 8. The smallest absolute Gasteiger partial charge is 0.272 e. The Labute approximate surface area is 195 Å². The van der Waals surface area contributed by atoms with E-state index in [0.29, 0.717) is 40.6 Å². The molecule has 4 aromatic rings. The Morgan fingerprint density at radius 2 is 1.90 bits per heavy atom. The molecule has 31 heavy (non-hydrogen) atoms. The first-order chi connectivity index (χ1) is 14.5. The van der Waals surface area contributed by atoms with E-state index in [9.17, 15) is 8.42 Å². The van der Waals surface area contributed by atoms with Gasteiger partial charge in [0.15, 0.2) is 5.82 Å². The fourth-order valence-electron chi connectivity index (χ4n) is 3.05. The van der Waals surface area contributed by atoms with Crippen molar-refractivity contribution in [2.75, 3.05) is 11.3 Å². The van der Waals surface area contributed by atoms with E-state index in [4.69, 9.17) is 22.1 Å². The first-order valence-electron chi connectivity index (χ1n) is 9.12. The van der Waals surface area contributed by atoms with Gasteiger partial charge in [0.1, 0.15) is 9.96 Å². The van der Waals surface area contributed by atoms with Crippen LogP contribution in [0.3, 0.4) is 0 Å². The highest BCUT2D eigenvalue weighted by Gasteiger charge is 2.21. The van der Waals surface area contributed by atoms with Crippen LogP contribution < -0.4 is 15.2 Å². The molecule has 4 rings (SSSR count). The predicted molar refractivity (Wildman–Crippen MR) is 127 cm³/mol. The third-order valence-corrected chi connectivity index (χ3v) is 7.53. The number of hydrogen-bond acceptors (Lipinski definition) is 6. The maximum atomic E-state index is 12.7. The van der Waals surface area contributed by atoms with Crippen molar-refractivity contribution in [1.82, 2.24) is 10.2 Å². The van der Waals surface area contributed by atoms with E-state index < -0.39 is 10.0 Å². The normalized spacial score (nSPS) is 11.3. The van der Waals surface area contributed by atoms with Crippen LogP contribution in [-0.4, -0.2) is 25.2 Å². The topological polar surface area (TPSA) is 110 Å². The number of fused-ring (bicyclic) bond motifs is 1. The van der Waals surface area contributed by atoms with Crippen LogP contribution >= 0.6 is 35.3 Å². The quantitative estimate of drug-likeness (QED) is 0.329. The molecule has 0 radical (unpaired) electrons. The van der Waals surface area contributed by atoms with Crippen molar-refractivity contribution < 1.29 is 13.2 Å². The SMILES string of the molecule is Cl.NCc1cccc(CCOc2cccc3[nH]nc(NS(=O)(=O)c4ccc(Cl)s4)c23)c1. The van der Waals surface area contributed by atoms with Gasteiger partial charge in [0.25, 0.3) is 10.0 Å². The molecule has 0 aliphatic heterocycles. The minimum Gasteiger partial charge on any atom is -0.492 e. The van der Waals surface area contributed by atoms with Gasteiger partial charge in [0.2, 0.25) is 0 Å². The van der Waals surface area contributed by atoms with Gasteiger partial charge in [-0.3, -0.25) is 9.82 Å². The number of sulfonamides is 1. The third-order valence-electron chi connectivity index (χ3n) is 4.47. The summed E-state index contributed by atoms with van der Waals surface area (Å²) in [5.74, 6) is 0.716. The molecule has 0 aliphatic carbocycles. The standard InChI is InChI=1S/C20H19ClN4O3S2.ClH/c21-17-7-8-18(29-17)30(26,27)25-20-19-15(23-24-20)5-2-6-16(19)28-10-9-13-3-1-4-14(11-13)12-22;/h1-8,11H,9-10,12,22H2,(H2,23,24,25);1H. The van der Waals surface area contributed by atoms with Gasteiger partial charge in [-0.2, -0.15) is 5.10 Å². The molecule has 0 saturated carbocycles. The van der Waals surface area contributed by atoms with Crippen LogP contribution in [0, 0.1) is 0 Å². The maximum Gasteiger partial charge on any atom is 0.272 e. The summed E-state index contributed by atoms with van der Waals surface area (Å²) in [6.07, 6.45) is 0.691. The van der Waals surface area contributed by atoms with Crippen LogP contribution in [0.4, 0.5) is 5.82 Å². The molecule has 0 unspecified atom stereocenters. The van der Waals surface area contributed by atoms with Crippen LogP contribution in [0.25, 0.3) is 10.9 Å². The molecule has 0 fully saturated rings. The number of ether oxygens (including phenoxy) is 1. The summed E-state index contributed by atoms with van der Waals surface area (Å²) < 4.78 is 34.3. The lowest BCUT2D eigenvalue weighted by Gasteiger charge is -2.10. The monoisotopic (exact) mass is 498 g/mol. The first-order valence-corrected chi connectivity index (χ1v) is 11.8. The molecular formula is C20H20Cl2N4O3S2. The Bertz CT molecular complexity index is 1290. The average molecular weight is 499 g/mol. The molecule has 2 heterocycles. The van der Waals surface area contributed by atoms with Gasteiger partial charge in [0, 0.05) is 13.0 Å². The zero-order valence-electron chi connectivity index (χ0n) is 16.2. The largest absolute Gasteiger partial charge is 0.492 e. The third kappa shape index (κ3) is 5.31. The van der Waals surface area contributed by atoms with Gasteiger partial charge >= 0.3 is 0 Å². The Morgan fingerprint density at radius 1 is 1.13 bits per heavy atom. The van der Waals surface area contributed by atoms with Crippen molar-refractivity contribution in [2.24, 2.45) is 5.73 Å². The van der Waals surface area contributed by atoms with Crippen molar-refractivity contribution in [3.63, 3.8) is 0 Å². The number of aromatic amines is 1. The van der Waals surface area contributed by atoms with Gasteiger partial charge in [-0.15, -0.1) is 23.7 Å². The number of aromatic nitrogens is 2. The molecule has 0 aliphatic rings. The number of H-pyrrole nitrogens is 1. The van der Waals surface area contributed by atoms with Crippen LogP contribution in [0.2, 0.25) is 4.34 Å². The molecule has 0 amide bonds. The van der Waals surface area contributed by atoms with E-state index >= 15 is 0 Å². The lowest BCUT2D eigenvalue weighted by Crippen LogP contribution is -2.12. The van der Waals surface area contributed by atoms with Crippen molar-refractivity contribution >= 4 is 62.1 Å². The summed E-state index contributed by atoms with van der Waals surface area (Å²) in [6, 6.07) is 16.4. The van der Waals surface area contributed by atoms with Crippen LogP contribution in [0.15, 0.2) is 58.8 Å². The molecule has 4 N–H and O–H groups in total. The van der Waals surface area contributed by atoms with E-state index in [1.54, 1.807) is 12.1 Å². The van der Waals surface area contributed by atoms with E-state index in [1.807, 2.05) is 30.3 Å². The fourth-order valence-corrected chi connectivity index (χ4v) is 5.54. The number of nitrogens with two attached hydrogens (primary N) is 1. The molecule has 0 spiro atoms. The number of hydrogen-bond donors (Lipinski definition) is 3. The fraction of sp³-hybridized carbons (Fsp3) is 0.150. The first kappa shape index (κ1) is 23.4. The maximum absolute atomic E-state index is 12.7. The summed E-state index contributed by atoms with van der Waals surface area (Å²) in [6.45, 7) is 0.910. The number of anilines is 1. The Balaban J connectivity index is 0.00000272. The second-order valence-corrected chi connectivity index (χ2v) is 10.2. The molecule has 11 heteroatoms. The van der Waals surface area contributed by atoms with Gasteiger partial charge in [-0.05, 0) is 35.4 Å². The number of nitrogens with zero attached hydrogens (tertiary/aromatic N) is 1.